The Labute approximate surface area is 138 Å². The van der Waals surface area contributed by atoms with Gasteiger partial charge in [0, 0.05) is 11.4 Å². The van der Waals surface area contributed by atoms with Crippen molar-refractivity contribution in [1.82, 2.24) is 0 Å². The van der Waals surface area contributed by atoms with E-state index in [-0.39, 0.29) is 12.6 Å². The Morgan fingerprint density at radius 3 is 2.33 bits per heavy atom. The molecule has 0 radical (unpaired) electrons. The molecule has 0 aliphatic heterocycles. The highest BCUT2D eigenvalue weighted by Gasteiger charge is 2.07. The van der Waals surface area contributed by atoms with E-state index in [4.69, 9.17) is 9.47 Å². The lowest BCUT2D eigenvalue weighted by Crippen LogP contribution is -2.12. The van der Waals surface area contributed by atoms with Crippen LogP contribution < -0.4 is 0 Å². The fraction of sp³-hybridized carbons (Fsp3) is 0.824. The maximum absolute atomic E-state index is 11.3. The minimum Gasteiger partial charge on any atom is -0.463 e. The van der Waals surface area contributed by atoms with E-state index in [2.05, 4.69) is 29.4 Å². The first-order valence-corrected chi connectivity index (χ1v) is 9.10. The van der Waals surface area contributed by atoms with Crippen LogP contribution >= 0.6 is 15.9 Å². The summed E-state index contributed by atoms with van der Waals surface area (Å²) in [7, 11) is 0. The second-order valence-electron chi connectivity index (χ2n) is 5.29. The molecule has 1 atom stereocenters. The monoisotopic (exact) mass is 362 g/mol. The van der Waals surface area contributed by atoms with Gasteiger partial charge in [-0.05, 0) is 26.2 Å². The number of carbonyl (C=O) groups excluding carboxylic acids is 1. The van der Waals surface area contributed by atoms with Crippen LogP contribution in [0.15, 0.2) is 12.2 Å². The highest BCUT2D eigenvalue weighted by molar-refractivity contribution is 9.09. The molecule has 0 fully saturated rings. The summed E-state index contributed by atoms with van der Waals surface area (Å²) in [6.07, 6.45) is 9.95. The third-order valence-corrected chi connectivity index (χ3v) is 4.44. The first-order valence-electron chi connectivity index (χ1n) is 8.18. The standard InChI is InChI=1S/C17H31BrO3/c1-4-16(18)12-10-8-6-7-9-11-13-20-14-15(3)17(19)21-5-2/h16H,3-14H2,1-2H3. The number of esters is 1. The molecular weight excluding hydrogens is 332 g/mol. The molecule has 0 saturated heterocycles. The lowest BCUT2D eigenvalue weighted by molar-refractivity contribution is -0.139. The molecule has 0 saturated carbocycles. The van der Waals surface area contributed by atoms with Gasteiger partial charge in [-0.25, -0.2) is 4.79 Å². The van der Waals surface area contributed by atoms with E-state index in [0.29, 0.717) is 23.6 Å². The van der Waals surface area contributed by atoms with Crippen molar-refractivity contribution in [2.45, 2.75) is 70.0 Å². The van der Waals surface area contributed by atoms with Gasteiger partial charge in [-0.2, -0.15) is 0 Å². The summed E-state index contributed by atoms with van der Waals surface area (Å²) in [6.45, 7) is 9.01. The largest absolute Gasteiger partial charge is 0.463 e. The van der Waals surface area contributed by atoms with E-state index in [9.17, 15) is 4.79 Å². The molecule has 0 aliphatic carbocycles. The Balaban J connectivity index is 3.26. The van der Waals surface area contributed by atoms with Crippen molar-refractivity contribution in [2.75, 3.05) is 19.8 Å². The SMILES string of the molecule is C=C(COCCCCCCCCC(Br)CC)C(=O)OCC. The van der Waals surface area contributed by atoms with Crippen LogP contribution in [0.1, 0.15) is 65.2 Å². The Morgan fingerprint density at radius 2 is 1.71 bits per heavy atom. The molecule has 0 aliphatic rings. The lowest BCUT2D eigenvalue weighted by atomic mass is 10.1. The maximum atomic E-state index is 11.3. The number of unbranched alkanes of at least 4 members (excludes halogenated alkanes) is 5. The van der Waals surface area contributed by atoms with Gasteiger partial charge in [0.15, 0.2) is 0 Å². The van der Waals surface area contributed by atoms with Gasteiger partial charge in [0.25, 0.3) is 0 Å². The van der Waals surface area contributed by atoms with Crippen molar-refractivity contribution >= 4 is 21.9 Å². The number of carbonyl (C=O) groups is 1. The molecule has 0 heterocycles. The summed E-state index contributed by atoms with van der Waals surface area (Å²) in [6, 6.07) is 0. The fourth-order valence-corrected chi connectivity index (χ4v) is 2.29. The van der Waals surface area contributed by atoms with Gasteiger partial charge in [-0.15, -0.1) is 0 Å². The summed E-state index contributed by atoms with van der Waals surface area (Å²) in [5, 5.41) is 0. The number of hydrogen-bond acceptors (Lipinski definition) is 3. The van der Waals surface area contributed by atoms with Crippen LogP contribution in [0.2, 0.25) is 0 Å². The first kappa shape index (κ1) is 20.6. The summed E-state index contributed by atoms with van der Waals surface area (Å²) in [4.78, 5) is 12.0. The third-order valence-electron chi connectivity index (χ3n) is 3.34. The first-order chi connectivity index (χ1) is 10.1. The topological polar surface area (TPSA) is 35.5 Å². The van der Waals surface area contributed by atoms with Gasteiger partial charge < -0.3 is 9.47 Å². The van der Waals surface area contributed by atoms with Crippen LogP contribution in [-0.2, 0) is 14.3 Å². The predicted octanol–water partition coefficient (Wildman–Crippen LogP) is 5.03. The van der Waals surface area contributed by atoms with Crippen LogP contribution in [0.5, 0.6) is 0 Å². The zero-order chi connectivity index (χ0) is 15.9. The lowest BCUT2D eigenvalue weighted by Gasteiger charge is -2.07. The van der Waals surface area contributed by atoms with E-state index < -0.39 is 0 Å². The highest BCUT2D eigenvalue weighted by atomic mass is 79.9. The molecule has 124 valence electrons. The number of hydrogen-bond donors (Lipinski definition) is 0. The van der Waals surface area contributed by atoms with Gasteiger partial charge in [-0.1, -0.05) is 61.5 Å². The Morgan fingerprint density at radius 1 is 1.10 bits per heavy atom. The van der Waals surface area contributed by atoms with Gasteiger partial charge >= 0.3 is 5.97 Å². The van der Waals surface area contributed by atoms with Crippen molar-refractivity contribution in [3.63, 3.8) is 0 Å². The zero-order valence-electron chi connectivity index (χ0n) is 13.7. The van der Waals surface area contributed by atoms with Crippen molar-refractivity contribution in [3.05, 3.63) is 12.2 Å². The zero-order valence-corrected chi connectivity index (χ0v) is 15.3. The smallest absolute Gasteiger partial charge is 0.335 e. The quantitative estimate of drug-likeness (QED) is 0.188. The molecule has 0 N–H and O–H groups in total. The Kier molecular flexibility index (Phi) is 14.3. The number of halogens is 1. The summed E-state index contributed by atoms with van der Waals surface area (Å²) in [5.74, 6) is -0.352. The van der Waals surface area contributed by atoms with E-state index in [1.54, 1.807) is 6.92 Å². The molecule has 0 aromatic heterocycles. The van der Waals surface area contributed by atoms with Gasteiger partial charge in [0.1, 0.15) is 0 Å². The predicted molar refractivity (Wildman–Crippen MR) is 91.9 cm³/mol. The van der Waals surface area contributed by atoms with E-state index in [1.165, 1.54) is 44.9 Å². The fourth-order valence-electron chi connectivity index (χ4n) is 1.97. The summed E-state index contributed by atoms with van der Waals surface area (Å²) >= 11 is 3.66. The maximum Gasteiger partial charge on any atom is 0.335 e. The van der Waals surface area contributed by atoms with Crippen molar-refractivity contribution in [1.29, 1.82) is 0 Å². The van der Waals surface area contributed by atoms with Crippen LogP contribution in [0.3, 0.4) is 0 Å². The van der Waals surface area contributed by atoms with Crippen molar-refractivity contribution in [3.8, 4) is 0 Å². The van der Waals surface area contributed by atoms with E-state index in [0.717, 1.165) is 6.42 Å². The molecular formula is C17H31BrO3. The van der Waals surface area contributed by atoms with Crippen LogP contribution in [0.25, 0.3) is 0 Å². The molecule has 0 amide bonds. The average molecular weight is 363 g/mol. The number of ether oxygens (including phenoxy) is 2. The summed E-state index contributed by atoms with van der Waals surface area (Å²) in [5.41, 5.74) is 0.400. The molecule has 21 heavy (non-hydrogen) atoms. The van der Waals surface area contributed by atoms with Crippen molar-refractivity contribution in [2.24, 2.45) is 0 Å². The molecule has 0 aromatic carbocycles. The Hall–Kier alpha value is -0.350. The highest BCUT2D eigenvalue weighted by Crippen LogP contribution is 2.15. The second kappa shape index (κ2) is 14.6. The molecule has 0 spiro atoms. The minimum absolute atomic E-state index is 0.280. The van der Waals surface area contributed by atoms with E-state index >= 15 is 0 Å². The van der Waals surface area contributed by atoms with Crippen LogP contribution in [-0.4, -0.2) is 30.6 Å². The van der Waals surface area contributed by atoms with E-state index in [1.807, 2.05) is 0 Å². The van der Waals surface area contributed by atoms with Gasteiger partial charge in [-0.3, -0.25) is 0 Å². The number of rotatable bonds is 14. The normalized spacial score (nSPS) is 12.1. The Bertz CT molecular complexity index is 279. The van der Waals surface area contributed by atoms with Gasteiger partial charge in [0.05, 0.1) is 18.8 Å². The van der Waals surface area contributed by atoms with Gasteiger partial charge in [0.2, 0.25) is 0 Å². The summed E-state index contributed by atoms with van der Waals surface area (Å²) < 4.78 is 10.3. The molecule has 0 aromatic rings. The molecule has 1 unspecified atom stereocenters. The van der Waals surface area contributed by atoms with Crippen LogP contribution in [0, 0.1) is 0 Å². The molecule has 0 rings (SSSR count). The minimum atomic E-state index is -0.352. The second-order valence-corrected chi connectivity index (χ2v) is 6.59. The molecule has 3 nitrogen and oxygen atoms in total. The van der Waals surface area contributed by atoms with Crippen LogP contribution in [0.4, 0.5) is 0 Å². The average Bonchev–Trinajstić information content (AvgIpc) is 2.48. The molecule has 4 heteroatoms. The third kappa shape index (κ3) is 13.1. The number of alkyl halides is 1. The van der Waals surface area contributed by atoms with Crippen molar-refractivity contribution < 1.29 is 14.3 Å². The molecule has 0 bridgehead atoms.